The quantitative estimate of drug-likeness (QED) is 0.630. The Morgan fingerprint density at radius 2 is 1.61 bits per heavy atom. The molecule has 18 heavy (non-hydrogen) atoms. The van der Waals surface area contributed by atoms with Crippen molar-refractivity contribution in [3.8, 4) is 0 Å². The molecule has 1 aromatic rings. The van der Waals surface area contributed by atoms with Gasteiger partial charge >= 0.3 is 7.12 Å². The van der Waals surface area contributed by atoms with Gasteiger partial charge in [-0.1, -0.05) is 6.07 Å². The average molecular weight is 274 g/mol. The molecule has 1 aliphatic heterocycles. The Balaban J connectivity index is 0.00000162. The number of nitrogen functional groups attached to an aromatic ring is 1. The Morgan fingerprint density at radius 1 is 1.11 bits per heavy atom. The van der Waals surface area contributed by atoms with Gasteiger partial charge in [-0.2, -0.15) is 0 Å². The zero-order valence-corrected chi connectivity index (χ0v) is 11.8. The minimum atomic E-state index is -0.749. The van der Waals surface area contributed by atoms with Crippen LogP contribution in [0.25, 0.3) is 0 Å². The van der Waals surface area contributed by atoms with E-state index in [1.165, 1.54) is 6.07 Å². The number of benzene rings is 1. The van der Waals surface area contributed by atoms with E-state index in [1.807, 2.05) is 27.7 Å². The van der Waals surface area contributed by atoms with Crippen molar-refractivity contribution in [3.63, 3.8) is 0 Å². The molecule has 0 amide bonds. The molecule has 6 heteroatoms. The number of halogens is 2. The summed E-state index contributed by atoms with van der Waals surface area (Å²) in [5.74, 6) is -0.400. The molecule has 2 N–H and O–H groups in total. The van der Waals surface area contributed by atoms with Gasteiger partial charge in [-0.05, 0) is 39.8 Å². The summed E-state index contributed by atoms with van der Waals surface area (Å²) in [6.07, 6.45) is 0. The zero-order chi connectivity index (χ0) is 12.8. The Kier molecular flexibility index (Phi) is 4.01. The Bertz CT molecular complexity index is 417. The molecule has 1 fully saturated rings. The van der Waals surface area contributed by atoms with Gasteiger partial charge in [0.2, 0.25) is 0 Å². The SMILES string of the molecule is CC1(C)OB(c2c(N)cccc2F)OC1(C)C.Cl. The monoisotopic (exact) mass is 273 g/mol. The van der Waals surface area contributed by atoms with E-state index in [9.17, 15) is 4.39 Å². The van der Waals surface area contributed by atoms with Gasteiger partial charge in [0.25, 0.3) is 0 Å². The molecular weight excluding hydrogens is 255 g/mol. The fraction of sp³-hybridized carbons (Fsp3) is 0.500. The molecule has 0 aromatic heterocycles. The standard InChI is InChI=1S/C12H17BFNO2.ClH/c1-11(2)12(3,4)17-13(16-11)10-8(14)6-5-7-9(10)15;/h5-7H,15H2,1-4H3;1H. The summed E-state index contributed by atoms with van der Waals surface area (Å²) in [6, 6.07) is 4.57. The number of nitrogens with two attached hydrogens (primary N) is 1. The molecule has 0 bridgehead atoms. The minimum absolute atomic E-state index is 0. The van der Waals surface area contributed by atoms with E-state index in [4.69, 9.17) is 15.0 Å². The van der Waals surface area contributed by atoms with Crippen LogP contribution >= 0.6 is 12.4 Å². The molecule has 3 nitrogen and oxygen atoms in total. The van der Waals surface area contributed by atoms with Crippen LogP contribution in [0.1, 0.15) is 27.7 Å². The summed E-state index contributed by atoms with van der Waals surface area (Å²) in [5, 5.41) is 0. The second-order valence-corrected chi connectivity index (χ2v) is 5.33. The summed E-state index contributed by atoms with van der Waals surface area (Å²) in [4.78, 5) is 0. The van der Waals surface area contributed by atoms with Crippen LogP contribution in [0.3, 0.4) is 0 Å². The highest BCUT2D eigenvalue weighted by molar-refractivity contribution is 6.64. The van der Waals surface area contributed by atoms with Crippen molar-refractivity contribution < 1.29 is 13.7 Å². The van der Waals surface area contributed by atoms with Crippen molar-refractivity contribution in [2.45, 2.75) is 38.9 Å². The predicted octanol–water partition coefficient (Wildman–Crippen LogP) is 2.13. The topological polar surface area (TPSA) is 44.5 Å². The van der Waals surface area contributed by atoms with Crippen molar-refractivity contribution >= 4 is 30.7 Å². The minimum Gasteiger partial charge on any atom is -0.399 e. The third kappa shape index (κ3) is 2.35. The fourth-order valence-electron chi connectivity index (χ4n) is 1.76. The van der Waals surface area contributed by atoms with Gasteiger partial charge in [0, 0.05) is 11.2 Å². The number of anilines is 1. The van der Waals surface area contributed by atoms with E-state index < -0.39 is 24.1 Å². The molecule has 1 aliphatic rings. The number of rotatable bonds is 1. The first-order valence-corrected chi connectivity index (χ1v) is 5.64. The molecule has 1 aromatic carbocycles. The molecule has 0 aliphatic carbocycles. The van der Waals surface area contributed by atoms with E-state index in [2.05, 4.69) is 0 Å². The van der Waals surface area contributed by atoms with Crippen LogP contribution in [0.2, 0.25) is 0 Å². The van der Waals surface area contributed by atoms with Crippen LogP contribution in [-0.4, -0.2) is 18.3 Å². The van der Waals surface area contributed by atoms with E-state index in [-0.39, 0.29) is 17.9 Å². The summed E-state index contributed by atoms with van der Waals surface area (Å²) >= 11 is 0. The van der Waals surface area contributed by atoms with Crippen molar-refractivity contribution in [2.24, 2.45) is 0 Å². The molecule has 0 unspecified atom stereocenters. The molecule has 0 radical (unpaired) electrons. The molecular formula is C12H18BClFNO2. The van der Waals surface area contributed by atoms with Gasteiger partial charge in [0.15, 0.2) is 0 Å². The average Bonchev–Trinajstić information content (AvgIpc) is 2.35. The van der Waals surface area contributed by atoms with Gasteiger partial charge in [-0.25, -0.2) is 4.39 Å². The number of hydrogen-bond acceptors (Lipinski definition) is 3. The Labute approximate surface area is 113 Å². The van der Waals surface area contributed by atoms with Gasteiger partial charge < -0.3 is 15.0 Å². The van der Waals surface area contributed by atoms with Crippen LogP contribution in [0, 0.1) is 5.82 Å². The summed E-state index contributed by atoms with van der Waals surface area (Å²) in [5.41, 5.74) is 5.42. The first-order chi connectivity index (χ1) is 7.74. The highest BCUT2D eigenvalue weighted by Crippen LogP contribution is 2.37. The Morgan fingerprint density at radius 3 is 2.06 bits per heavy atom. The van der Waals surface area contributed by atoms with E-state index in [0.717, 1.165) is 0 Å². The lowest BCUT2D eigenvalue weighted by molar-refractivity contribution is 0.00578. The van der Waals surface area contributed by atoms with Crippen LogP contribution in [0.5, 0.6) is 0 Å². The van der Waals surface area contributed by atoms with Crippen LogP contribution in [-0.2, 0) is 9.31 Å². The van der Waals surface area contributed by atoms with E-state index in [0.29, 0.717) is 5.69 Å². The third-order valence-electron chi connectivity index (χ3n) is 3.58. The molecule has 1 heterocycles. The maximum absolute atomic E-state index is 13.8. The van der Waals surface area contributed by atoms with Gasteiger partial charge in [-0.15, -0.1) is 12.4 Å². The van der Waals surface area contributed by atoms with E-state index >= 15 is 0 Å². The maximum Gasteiger partial charge on any atom is 0.499 e. The third-order valence-corrected chi connectivity index (χ3v) is 3.58. The maximum atomic E-state index is 13.8. The lowest BCUT2D eigenvalue weighted by Crippen LogP contribution is -2.41. The summed E-state index contributed by atoms with van der Waals surface area (Å²) in [7, 11) is -0.749. The van der Waals surface area contributed by atoms with Gasteiger partial charge in [0.05, 0.1) is 11.2 Å². The predicted molar refractivity (Wildman–Crippen MR) is 73.8 cm³/mol. The second-order valence-electron chi connectivity index (χ2n) is 5.33. The lowest BCUT2D eigenvalue weighted by Gasteiger charge is -2.32. The zero-order valence-electron chi connectivity index (χ0n) is 11.0. The van der Waals surface area contributed by atoms with Crippen molar-refractivity contribution in [1.82, 2.24) is 0 Å². The first kappa shape index (κ1) is 15.3. The van der Waals surface area contributed by atoms with Crippen molar-refractivity contribution in [3.05, 3.63) is 24.0 Å². The van der Waals surface area contributed by atoms with E-state index in [1.54, 1.807) is 12.1 Å². The molecule has 100 valence electrons. The molecule has 0 atom stereocenters. The Hall–Kier alpha value is -0.775. The molecule has 1 saturated heterocycles. The highest BCUT2D eigenvalue weighted by atomic mass is 35.5. The van der Waals surface area contributed by atoms with Crippen LogP contribution in [0.4, 0.5) is 10.1 Å². The summed E-state index contributed by atoms with van der Waals surface area (Å²) in [6.45, 7) is 7.68. The van der Waals surface area contributed by atoms with Crippen molar-refractivity contribution in [2.75, 3.05) is 5.73 Å². The smallest absolute Gasteiger partial charge is 0.399 e. The summed E-state index contributed by atoms with van der Waals surface area (Å²) < 4.78 is 25.3. The van der Waals surface area contributed by atoms with Gasteiger partial charge in [-0.3, -0.25) is 0 Å². The molecule has 2 rings (SSSR count). The normalized spacial score (nSPS) is 20.6. The highest BCUT2D eigenvalue weighted by Gasteiger charge is 2.52. The molecule has 0 saturated carbocycles. The van der Waals surface area contributed by atoms with Gasteiger partial charge in [0.1, 0.15) is 5.82 Å². The van der Waals surface area contributed by atoms with Crippen molar-refractivity contribution in [1.29, 1.82) is 0 Å². The molecule has 0 spiro atoms. The number of hydrogen-bond donors (Lipinski definition) is 1. The largest absolute Gasteiger partial charge is 0.499 e. The lowest BCUT2D eigenvalue weighted by atomic mass is 9.77. The van der Waals surface area contributed by atoms with Crippen LogP contribution < -0.4 is 11.2 Å². The van der Waals surface area contributed by atoms with Crippen LogP contribution in [0.15, 0.2) is 18.2 Å². The fourth-order valence-corrected chi connectivity index (χ4v) is 1.76. The second kappa shape index (κ2) is 4.72. The first-order valence-electron chi connectivity index (χ1n) is 5.64.